The number of anilines is 1. The predicted molar refractivity (Wildman–Crippen MR) is 80.1 cm³/mol. The molecule has 0 spiro atoms. The van der Waals surface area contributed by atoms with Gasteiger partial charge in [0.05, 0.1) is 17.3 Å². The van der Waals surface area contributed by atoms with Crippen molar-refractivity contribution in [3.05, 3.63) is 23.2 Å². The Morgan fingerprint density at radius 2 is 2.10 bits per heavy atom. The quantitative estimate of drug-likeness (QED) is 0.809. The van der Waals surface area contributed by atoms with Gasteiger partial charge in [0.1, 0.15) is 11.1 Å². The second-order valence-electron chi connectivity index (χ2n) is 3.64. The van der Waals surface area contributed by atoms with Gasteiger partial charge in [0.25, 0.3) is 0 Å². The summed E-state index contributed by atoms with van der Waals surface area (Å²) < 4.78 is 5.26. The van der Waals surface area contributed by atoms with Crippen LogP contribution >= 0.6 is 34.8 Å². The van der Waals surface area contributed by atoms with Gasteiger partial charge in [0.15, 0.2) is 0 Å². The minimum atomic E-state index is -0.974. The summed E-state index contributed by atoms with van der Waals surface area (Å²) in [7, 11) is 0. The highest BCUT2D eigenvalue weighted by atomic mass is 35.5. The van der Waals surface area contributed by atoms with Crippen molar-refractivity contribution in [1.82, 2.24) is 5.32 Å². The van der Waals surface area contributed by atoms with Gasteiger partial charge in [-0.15, -0.1) is 23.2 Å². The Balaban J connectivity index is 2.64. The van der Waals surface area contributed by atoms with Crippen molar-refractivity contribution in [3.8, 4) is 5.75 Å². The predicted octanol–water partition coefficient (Wildman–Crippen LogP) is 3.23. The van der Waals surface area contributed by atoms with Gasteiger partial charge in [-0.1, -0.05) is 11.6 Å². The summed E-state index contributed by atoms with van der Waals surface area (Å²) >= 11 is 17.0. The Labute approximate surface area is 131 Å². The first-order valence-corrected chi connectivity index (χ1v) is 7.07. The number of amides is 3. The largest absolute Gasteiger partial charge is 0.494 e. The zero-order chi connectivity index (χ0) is 15.1. The summed E-state index contributed by atoms with van der Waals surface area (Å²) in [6.45, 7) is 2.35. The molecule has 8 heteroatoms. The van der Waals surface area contributed by atoms with Crippen molar-refractivity contribution < 1.29 is 14.3 Å². The number of ether oxygens (including phenoxy) is 1. The van der Waals surface area contributed by atoms with Crippen molar-refractivity contribution >= 4 is 52.4 Å². The van der Waals surface area contributed by atoms with Gasteiger partial charge in [-0.2, -0.15) is 0 Å². The number of hydrogen-bond acceptors (Lipinski definition) is 3. The van der Waals surface area contributed by atoms with E-state index in [9.17, 15) is 9.59 Å². The standard InChI is InChI=1S/C12H13Cl3N2O3/c1-2-20-7-3-4-10(8(14)5-7)16-12(19)17-11(18)9(15)6-13/h3-5,9H,2,6H2,1H3,(H2,16,17,18,19). The molecule has 0 aliphatic rings. The van der Waals surface area contributed by atoms with Crippen molar-refractivity contribution in [2.24, 2.45) is 0 Å². The maximum atomic E-state index is 11.6. The number of imide groups is 1. The monoisotopic (exact) mass is 338 g/mol. The van der Waals surface area contributed by atoms with Crippen LogP contribution in [0.25, 0.3) is 0 Å². The van der Waals surface area contributed by atoms with Crippen LogP contribution in [-0.2, 0) is 4.79 Å². The molecule has 2 N–H and O–H groups in total. The fourth-order valence-corrected chi connectivity index (χ4v) is 1.68. The second-order valence-corrected chi connectivity index (χ2v) is 4.88. The average Bonchev–Trinajstić information content (AvgIpc) is 2.41. The molecule has 1 rings (SSSR count). The molecule has 110 valence electrons. The number of benzene rings is 1. The number of halogens is 3. The molecule has 0 heterocycles. The van der Waals surface area contributed by atoms with E-state index in [1.807, 2.05) is 6.92 Å². The molecule has 0 saturated carbocycles. The lowest BCUT2D eigenvalue weighted by atomic mass is 10.3. The summed E-state index contributed by atoms with van der Waals surface area (Å²) in [5, 5.41) is 3.80. The van der Waals surface area contributed by atoms with Gasteiger partial charge >= 0.3 is 6.03 Å². The summed E-state index contributed by atoms with van der Waals surface area (Å²) in [4.78, 5) is 22.9. The van der Waals surface area contributed by atoms with Gasteiger partial charge in [-0.3, -0.25) is 10.1 Å². The Morgan fingerprint density at radius 1 is 1.40 bits per heavy atom. The first-order chi connectivity index (χ1) is 9.47. The highest BCUT2D eigenvalue weighted by molar-refractivity contribution is 6.37. The van der Waals surface area contributed by atoms with E-state index in [0.29, 0.717) is 23.1 Å². The first kappa shape index (κ1) is 16.9. The minimum Gasteiger partial charge on any atom is -0.494 e. The van der Waals surface area contributed by atoms with Crippen molar-refractivity contribution in [3.63, 3.8) is 0 Å². The molecule has 3 amide bonds. The first-order valence-electron chi connectivity index (χ1n) is 5.72. The Morgan fingerprint density at radius 3 is 2.65 bits per heavy atom. The lowest BCUT2D eigenvalue weighted by molar-refractivity contribution is -0.119. The molecule has 0 bridgehead atoms. The van der Waals surface area contributed by atoms with Crippen LogP contribution in [0, 0.1) is 0 Å². The normalized spacial score (nSPS) is 11.6. The van der Waals surface area contributed by atoms with Crippen LogP contribution in [0.15, 0.2) is 18.2 Å². The maximum absolute atomic E-state index is 11.6. The van der Waals surface area contributed by atoms with E-state index >= 15 is 0 Å². The smallest absolute Gasteiger partial charge is 0.325 e. The van der Waals surface area contributed by atoms with Gasteiger partial charge in [0, 0.05) is 11.9 Å². The molecule has 0 aliphatic heterocycles. The number of nitrogens with one attached hydrogen (secondary N) is 2. The highest BCUT2D eigenvalue weighted by Gasteiger charge is 2.17. The molecule has 0 aromatic heterocycles. The number of carbonyl (C=O) groups excluding carboxylic acids is 2. The molecule has 5 nitrogen and oxygen atoms in total. The van der Waals surface area contributed by atoms with Crippen molar-refractivity contribution in [2.75, 3.05) is 17.8 Å². The van der Waals surface area contributed by atoms with Crippen LogP contribution in [-0.4, -0.2) is 29.8 Å². The molecular weight excluding hydrogens is 327 g/mol. The summed E-state index contributed by atoms with van der Waals surface area (Å²) in [6, 6.07) is 4.04. The van der Waals surface area contributed by atoms with E-state index in [2.05, 4.69) is 10.6 Å². The molecule has 0 aliphatic carbocycles. The molecule has 20 heavy (non-hydrogen) atoms. The van der Waals surface area contributed by atoms with Gasteiger partial charge in [-0.05, 0) is 19.1 Å². The molecule has 1 unspecified atom stereocenters. The Hall–Kier alpha value is -1.17. The third-order valence-electron chi connectivity index (χ3n) is 2.16. The van der Waals surface area contributed by atoms with Crippen LogP contribution in [0.5, 0.6) is 5.75 Å². The third kappa shape index (κ3) is 5.07. The van der Waals surface area contributed by atoms with Crippen LogP contribution in [0.1, 0.15) is 6.92 Å². The van der Waals surface area contributed by atoms with E-state index in [1.54, 1.807) is 18.2 Å². The maximum Gasteiger partial charge on any atom is 0.325 e. The molecule has 0 radical (unpaired) electrons. The Bertz CT molecular complexity index is 497. The number of urea groups is 1. The minimum absolute atomic E-state index is 0.0928. The number of alkyl halides is 2. The van der Waals surface area contributed by atoms with E-state index in [1.165, 1.54) is 0 Å². The summed E-state index contributed by atoms with van der Waals surface area (Å²) in [5.41, 5.74) is 0.345. The zero-order valence-electron chi connectivity index (χ0n) is 10.6. The van der Waals surface area contributed by atoms with Gasteiger partial charge in [-0.25, -0.2) is 4.79 Å². The lowest BCUT2D eigenvalue weighted by Crippen LogP contribution is -2.39. The summed E-state index contributed by atoms with van der Waals surface area (Å²) in [5.74, 6) is -0.187. The lowest BCUT2D eigenvalue weighted by Gasteiger charge is -2.11. The molecule has 1 aromatic carbocycles. The fraction of sp³-hybridized carbons (Fsp3) is 0.333. The Kier molecular flexibility index (Phi) is 6.91. The number of hydrogen-bond donors (Lipinski definition) is 2. The van der Waals surface area contributed by atoms with Crippen LogP contribution in [0.4, 0.5) is 10.5 Å². The highest BCUT2D eigenvalue weighted by Crippen LogP contribution is 2.26. The number of rotatable bonds is 5. The number of carbonyl (C=O) groups is 2. The zero-order valence-corrected chi connectivity index (χ0v) is 12.9. The molecule has 0 fully saturated rings. The molecule has 0 saturated heterocycles. The molecular formula is C12H13Cl3N2O3. The van der Waals surface area contributed by atoms with E-state index in [0.717, 1.165) is 0 Å². The van der Waals surface area contributed by atoms with E-state index in [4.69, 9.17) is 39.5 Å². The molecule has 1 aromatic rings. The van der Waals surface area contributed by atoms with E-state index < -0.39 is 17.3 Å². The van der Waals surface area contributed by atoms with Crippen LogP contribution in [0.3, 0.4) is 0 Å². The third-order valence-corrected chi connectivity index (χ3v) is 3.29. The van der Waals surface area contributed by atoms with Gasteiger partial charge in [0.2, 0.25) is 5.91 Å². The van der Waals surface area contributed by atoms with Crippen LogP contribution < -0.4 is 15.4 Å². The van der Waals surface area contributed by atoms with Gasteiger partial charge < -0.3 is 10.1 Å². The van der Waals surface area contributed by atoms with Crippen LogP contribution in [0.2, 0.25) is 5.02 Å². The topological polar surface area (TPSA) is 67.4 Å². The van der Waals surface area contributed by atoms with Crippen molar-refractivity contribution in [1.29, 1.82) is 0 Å². The summed E-state index contributed by atoms with van der Waals surface area (Å²) in [6.07, 6.45) is 0. The average molecular weight is 340 g/mol. The SMILES string of the molecule is CCOc1ccc(NC(=O)NC(=O)C(Cl)CCl)c(Cl)c1. The van der Waals surface area contributed by atoms with E-state index in [-0.39, 0.29) is 5.88 Å². The second kappa shape index (κ2) is 8.19. The van der Waals surface area contributed by atoms with Crippen molar-refractivity contribution in [2.45, 2.75) is 12.3 Å². The molecule has 1 atom stereocenters. The fourth-order valence-electron chi connectivity index (χ4n) is 1.27.